The van der Waals surface area contributed by atoms with E-state index in [1.807, 2.05) is 0 Å². The third kappa shape index (κ3) is 15.0. The molecule has 0 aliphatic rings. The Morgan fingerprint density at radius 3 is 2.11 bits per heavy atom. The minimum absolute atomic E-state index is 0.0577. The van der Waals surface area contributed by atoms with Crippen LogP contribution < -0.4 is 10.6 Å². The van der Waals surface area contributed by atoms with Crippen LogP contribution in [0.5, 0.6) is 0 Å². The van der Waals surface area contributed by atoms with Gasteiger partial charge < -0.3 is 15.6 Å². The number of carbonyl (C=O) groups excluding carboxylic acids is 3. The summed E-state index contributed by atoms with van der Waals surface area (Å²) >= 11 is 0. The highest BCUT2D eigenvalue weighted by Gasteiger charge is 2.31. The molecule has 0 bridgehead atoms. The molecule has 0 unspecified atom stereocenters. The molecule has 10 nitrogen and oxygen atoms in total. The summed E-state index contributed by atoms with van der Waals surface area (Å²) in [5, 5.41) is 8.98. The van der Waals surface area contributed by atoms with E-state index < -0.39 is 30.0 Å². The molecule has 0 aliphatic heterocycles. The average molecular weight is 521 g/mol. The van der Waals surface area contributed by atoms with Crippen molar-refractivity contribution in [2.75, 3.05) is 4.90 Å². The minimum atomic E-state index is -1.10. The number of carboxylic acids is 1. The summed E-state index contributed by atoms with van der Waals surface area (Å²) in [6.07, 6.45) is 17.2. The smallest absolute Gasteiger partial charge is 0.329 e. The number of rotatable bonds is 23. The van der Waals surface area contributed by atoms with Crippen LogP contribution in [0.2, 0.25) is 0 Å². The summed E-state index contributed by atoms with van der Waals surface area (Å²) in [6, 6.07) is -1.10. The molecule has 208 valence electrons. The van der Waals surface area contributed by atoms with Crippen molar-refractivity contribution in [3.05, 3.63) is 18.6 Å². The Bertz CT molecular complexity index is 792. The summed E-state index contributed by atoms with van der Waals surface area (Å²) in [4.78, 5) is 56.6. The maximum absolute atomic E-state index is 13.1. The van der Waals surface area contributed by atoms with E-state index in [9.17, 15) is 19.2 Å². The quantitative estimate of drug-likeness (QED) is 0.121. The van der Waals surface area contributed by atoms with Gasteiger partial charge in [-0.15, -0.1) is 0 Å². The molecule has 1 rings (SSSR count). The Labute approximate surface area is 220 Å². The number of unbranched alkanes of at least 4 members (excludes halogenated alkanes) is 10. The number of primary amides is 1. The van der Waals surface area contributed by atoms with Crippen molar-refractivity contribution < 1.29 is 29.0 Å². The number of nitrogens with two attached hydrogens (primary N) is 1. The molecular formula is C27H44N4O6. The zero-order valence-corrected chi connectivity index (χ0v) is 22.2. The third-order valence-corrected chi connectivity index (χ3v) is 6.25. The van der Waals surface area contributed by atoms with Crippen LogP contribution in [0.25, 0.3) is 0 Å². The molecule has 0 aromatic carbocycles. The molecule has 0 spiro atoms. The van der Waals surface area contributed by atoms with E-state index in [1.165, 1.54) is 63.5 Å². The van der Waals surface area contributed by atoms with E-state index in [1.54, 1.807) is 0 Å². The number of anilines is 1. The van der Waals surface area contributed by atoms with Crippen molar-refractivity contribution in [3.8, 4) is 0 Å². The fraction of sp³-hybridized carbons (Fsp3) is 0.704. The van der Waals surface area contributed by atoms with Gasteiger partial charge >= 0.3 is 11.9 Å². The number of carbonyl (C=O) groups is 4. The lowest BCUT2D eigenvalue weighted by Gasteiger charge is -2.27. The highest BCUT2D eigenvalue weighted by molar-refractivity contribution is 5.88. The molecule has 0 radical (unpaired) electrons. The minimum Gasteiger partial charge on any atom is -0.481 e. The predicted molar refractivity (Wildman–Crippen MR) is 141 cm³/mol. The van der Waals surface area contributed by atoms with E-state index in [0.29, 0.717) is 12.8 Å². The van der Waals surface area contributed by atoms with E-state index >= 15 is 0 Å². The van der Waals surface area contributed by atoms with Crippen LogP contribution in [0.3, 0.4) is 0 Å². The molecule has 1 aromatic heterocycles. The number of hydrogen-bond donors (Lipinski definition) is 2. The van der Waals surface area contributed by atoms with Crippen molar-refractivity contribution in [2.45, 2.75) is 122 Å². The number of aromatic nitrogens is 2. The topological polar surface area (TPSA) is 153 Å². The normalized spacial score (nSPS) is 12.5. The van der Waals surface area contributed by atoms with Gasteiger partial charge in [-0.1, -0.05) is 71.1 Å². The Balaban J connectivity index is 2.62. The van der Waals surface area contributed by atoms with Crippen LogP contribution in [0, 0.1) is 0 Å². The monoisotopic (exact) mass is 520 g/mol. The molecule has 1 aromatic rings. The summed E-state index contributed by atoms with van der Waals surface area (Å²) in [5.74, 6) is -2.17. The van der Waals surface area contributed by atoms with Gasteiger partial charge in [0, 0.05) is 18.8 Å². The van der Waals surface area contributed by atoms with Gasteiger partial charge in [-0.3, -0.25) is 24.3 Å². The zero-order valence-electron chi connectivity index (χ0n) is 22.2. The molecule has 10 heteroatoms. The van der Waals surface area contributed by atoms with Crippen molar-refractivity contribution in [1.29, 1.82) is 0 Å². The summed E-state index contributed by atoms with van der Waals surface area (Å²) in [6.45, 7) is 2.22. The standard InChI is InChI=1S/C27H44N4O6/c1-2-3-4-5-6-7-8-9-10-11-12-14-22(19-24(28)33)37-27(36)23(15-13-16-26(34)35)31(21-32)25-20-29-17-18-30-25/h17-18,20-23H,2-16,19H2,1H3,(H2,28,33)(H,34,35)/t22-,23-/m0/s1. The SMILES string of the molecule is CCCCCCCCCCCCC[C@@H](CC(N)=O)OC(=O)[C@H](CCCC(=O)O)N(C=O)c1cnccn1. The summed E-state index contributed by atoms with van der Waals surface area (Å²) in [5.41, 5.74) is 5.38. The molecule has 1 heterocycles. The number of hydrogen-bond acceptors (Lipinski definition) is 7. The molecule has 37 heavy (non-hydrogen) atoms. The van der Waals surface area contributed by atoms with Crippen LogP contribution in [-0.4, -0.2) is 51.5 Å². The number of aliphatic carboxylic acids is 1. The molecular weight excluding hydrogens is 476 g/mol. The Kier molecular flexibility index (Phi) is 17.3. The van der Waals surface area contributed by atoms with E-state index in [-0.39, 0.29) is 31.5 Å². The first-order valence-electron chi connectivity index (χ1n) is 13.6. The van der Waals surface area contributed by atoms with Gasteiger partial charge in [0.25, 0.3) is 0 Å². The van der Waals surface area contributed by atoms with Gasteiger partial charge in [0.15, 0.2) is 5.82 Å². The summed E-state index contributed by atoms with van der Waals surface area (Å²) in [7, 11) is 0. The van der Waals surface area contributed by atoms with Crippen LogP contribution in [-0.2, 0) is 23.9 Å². The van der Waals surface area contributed by atoms with Crippen LogP contribution in [0.1, 0.15) is 110 Å². The van der Waals surface area contributed by atoms with Crippen molar-refractivity contribution >= 4 is 30.1 Å². The van der Waals surface area contributed by atoms with Crippen molar-refractivity contribution in [2.24, 2.45) is 5.73 Å². The summed E-state index contributed by atoms with van der Waals surface area (Å²) < 4.78 is 5.64. The Hall–Kier alpha value is -3.04. The number of amides is 2. The second-order valence-corrected chi connectivity index (χ2v) is 9.43. The van der Waals surface area contributed by atoms with Gasteiger partial charge in [0.2, 0.25) is 12.3 Å². The number of carboxylic acid groups (broad SMARTS) is 1. The number of nitrogens with zero attached hydrogens (tertiary/aromatic N) is 3. The van der Waals surface area contributed by atoms with E-state index in [2.05, 4.69) is 16.9 Å². The lowest BCUT2D eigenvalue weighted by molar-refractivity contribution is -0.153. The molecule has 2 atom stereocenters. The second kappa shape index (κ2) is 20.1. The number of ether oxygens (including phenoxy) is 1. The molecule has 0 fully saturated rings. The zero-order chi connectivity index (χ0) is 27.3. The molecule has 3 N–H and O–H groups in total. The van der Waals surface area contributed by atoms with Gasteiger partial charge in [0.05, 0.1) is 12.6 Å². The maximum Gasteiger partial charge on any atom is 0.329 e. The molecule has 2 amide bonds. The van der Waals surface area contributed by atoms with Crippen molar-refractivity contribution in [3.63, 3.8) is 0 Å². The van der Waals surface area contributed by atoms with Gasteiger partial charge in [0.1, 0.15) is 12.1 Å². The van der Waals surface area contributed by atoms with Gasteiger partial charge in [-0.2, -0.15) is 0 Å². The van der Waals surface area contributed by atoms with Gasteiger partial charge in [-0.05, 0) is 25.7 Å². The van der Waals surface area contributed by atoms with Crippen LogP contribution in [0.15, 0.2) is 18.6 Å². The first-order chi connectivity index (χ1) is 17.9. The number of esters is 1. The van der Waals surface area contributed by atoms with E-state index in [4.69, 9.17) is 15.6 Å². The molecule has 0 saturated heterocycles. The molecule has 0 aliphatic carbocycles. The molecule has 0 saturated carbocycles. The highest BCUT2D eigenvalue weighted by Crippen LogP contribution is 2.20. The first-order valence-corrected chi connectivity index (χ1v) is 13.6. The second-order valence-electron chi connectivity index (χ2n) is 9.43. The lowest BCUT2D eigenvalue weighted by atomic mass is 10.0. The highest BCUT2D eigenvalue weighted by atomic mass is 16.5. The van der Waals surface area contributed by atoms with Crippen LogP contribution in [0.4, 0.5) is 5.82 Å². The van der Waals surface area contributed by atoms with Gasteiger partial charge in [-0.25, -0.2) is 9.78 Å². The predicted octanol–water partition coefficient (Wildman–Crippen LogP) is 4.55. The Morgan fingerprint density at radius 1 is 0.973 bits per heavy atom. The maximum atomic E-state index is 13.1. The Morgan fingerprint density at radius 2 is 1.59 bits per heavy atom. The lowest BCUT2D eigenvalue weighted by Crippen LogP contribution is -2.44. The largest absolute Gasteiger partial charge is 0.481 e. The average Bonchev–Trinajstić information content (AvgIpc) is 2.86. The van der Waals surface area contributed by atoms with E-state index in [0.717, 1.165) is 30.6 Å². The fourth-order valence-corrected chi connectivity index (χ4v) is 4.23. The fourth-order valence-electron chi connectivity index (χ4n) is 4.23. The first kappa shape index (κ1) is 32.0. The third-order valence-electron chi connectivity index (χ3n) is 6.25. The van der Waals surface area contributed by atoms with Crippen LogP contribution >= 0.6 is 0 Å². The van der Waals surface area contributed by atoms with Crippen molar-refractivity contribution in [1.82, 2.24) is 9.97 Å².